The van der Waals surface area contributed by atoms with E-state index in [4.69, 9.17) is 4.52 Å². The minimum atomic E-state index is 0.719. The van der Waals surface area contributed by atoms with Crippen LogP contribution in [0, 0.1) is 5.92 Å². The van der Waals surface area contributed by atoms with Crippen LogP contribution in [0.4, 0.5) is 0 Å². The Morgan fingerprint density at radius 3 is 3.19 bits per heavy atom. The van der Waals surface area contributed by atoms with Crippen molar-refractivity contribution in [3.05, 3.63) is 12.2 Å². The highest BCUT2D eigenvalue weighted by molar-refractivity contribution is 4.91. The third kappa shape index (κ3) is 2.41. The second kappa shape index (κ2) is 4.51. The Kier molecular flexibility index (Phi) is 2.88. The second-order valence-corrected chi connectivity index (χ2v) is 4.78. The Morgan fingerprint density at radius 2 is 2.44 bits per heavy atom. The Morgan fingerprint density at radius 1 is 1.50 bits per heavy atom. The van der Waals surface area contributed by atoms with Crippen molar-refractivity contribution in [2.45, 2.75) is 25.3 Å². The van der Waals surface area contributed by atoms with Gasteiger partial charge in [-0.2, -0.15) is 4.98 Å². The van der Waals surface area contributed by atoms with Gasteiger partial charge in [-0.05, 0) is 18.8 Å². The lowest BCUT2D eigenvalue weighted by Crippen LogP contribution is -2.52. The normalized spacial score (nSPS) is 27.1. The molecule has 5 nitrogen and oxygen atoms in total. The lowest BCUT2D eigenvalue weighted by Gasteiger charge is -2.33. The average Bonchev–Trinajstić information content (AvgIpc) is 3.05. The minimum Gasteiger partial charge on any atom is -0.340 e. The third-order valence-corrected chi connectivity index (χ3v) is 3.53. The molecule has 1 saturated carbocycles. The van der Waals surface area contributed by atoms with E-state index in [1.807, 2.05) is 0 Å². The van der Waals surface area contributed by atoms with Crippen LogP contribution in [0.1, 0.15) is 18.7 Å². The number of hydrogen-bond acceptors (Lipinski definition) is 5. The van der Waals surface area contributed by atoms with E-state index < -0.39 is 0 Å². The highest BCUT2D eigenvalue weighted by atomic mass is 16.5. The standard InChI is InChI=1S/C11H18N4O/c1-2-9(1)10-7-15(6-4-12-10)5-3-11-13-8-14-16-11/h8-10,12H,1-7H2. The summed E-state index contributed by atoms with van der Waals surface area (Å²) >= 11 is 0. The van der Waals surface area contributed by atoms with Crippen molar-refractivity contribution in [2.75, 3.05) is 26.2 Å². The van der Waals surface area contributed by atoms with Crippen LogP contribution in [-0.2, 0) is 6.42 Å². The van der Waals surface area contributed by atoms with Gasteiger partial charge in [-0.25, -0.2) is 0 Å². The summed E-state index contributed by atoms with van der Waals surface area (Å²) in [4.78, 5) is 6.55. The average molecular weight is 222 g/mol. The molecule has 3 rings (SSSR count). The molecule has 1 aromatic heterocycles. The first-order valence-electron chi connectivity index (χ1n) is 6.13. The maximum atomic E-state index is 5.01. The zero-order chi connectivity index (χ0) is 10.8. The molecule has 1 aliphatic carbocycles. The number of piperazine rings is 1. The van der Waals surface area contributed by atoms with Crippen LogP contribution in [0.3, 0.4) is 0 Å². The van der Waals surface area contributed by atoms with Crippen molar-refractivity contribution >= 4 is 0 Å². The van der Waals surface area contributed by atoms with E-state index in [9.17, 15) is 0 Å². The Bertz CT molecular complexity index is 323. The van der Waals surface area contributed by atoms with Crippen LogP contribution in [0.25, 0.3) is 0 Å². The van der Waals surface area contributed by atoms with Crippen LogP contribution < -0.4 is 5.32 Å². The molecular weight excluding hydrogens is 204 g/mol. The van der Waals surface area contributed by atoms with E-state index >= 15 is 0 Å². The maximum Gasteiger partial charge on any atom is 0.227 e. The highest BCUT2D eigenvalue weighted by Crippen LogP contribution is 2.33. The maximum absolute atomic E-state index is 5.01. The van der Waals surface area contributed by atoms with Gasteiger partial charge in [0, 0.05) is 38.6 Å². The third-order valence-electron chi connectivity index (χ3n) is 3.53. The fourth-order valence-electron chi connectivity index (χ4n) is 2.42. The second-order valence-electron chi connectivity index (χ2n) is 4.78. The predicted molar refractivity (Wildman–Crippen MR) is 59.0 cm³/mol. The SMILES string of the molecule is c1noc(CCN2CCNC(C3CC3)C2)n1. The molecule has 1 saturated heterocycles. The molecule has 1 N–H and O–H groups in total. The van der Waals surface area contributed by atoms with Gasteiger partial charge < -0.3 is 14.7 Å². The smallest absolute Gasteiger partial charge is 0.227 e. The van der Waals surface area contributed by atoms with Gasteiger partial charge in [-0.3, -0.25) is 0 Å². The summed E-state index contributed by atoms with van der Waals surface area (Å²) in [7, 11) is 0. The molecule has 16 heavy (non-hydrogen) atoms. The molecule has 0 radical (unpaired) electrons. The van der Waals surface area contributed by atoms with Crippen LogP contribution in [-0.4, -0.2) is 47.3 Å². The fourth-order valence-corrected chi connectivity index (χ4v) is 2.42. The van der Waals surface area contributed by atoms with Crippen LogP contribution in [0.15, 0.2) is 10.9 Å². The van der Waals surface area contributed by atoms with Gasteiger partial charge >= 0.3 is 0 Å². The van der Waals surface area contributed by atoms with E-state index in [2.05, 4.69) is 20.4 Å². The van der Waals surface area contributed by atoms with E-state index in [0.717, 1.165) is 43.9 Å². The first kappa shape index (κ1) is 10.2. The van der Waals surface area contributed by atoms with Crippen molar-refractivity contribution in [2.24, 2.45) is 5.92 Å². The highest BCUT2D eigenvalue weighted by Gasteiger charge is 2.33. The Balaban J connectivity index is 1.47. The molecule has 1 atom stereocenters. The monoisotopic (exact) mass is 222 g/mol. The van der Waals surface area contributed by atoms with Gasteiger partial charge in [0.15, 0.2) is 6.33 Å². The summed E-state index contributed by atoms with van der Waals surface area (Å²) < 4.78 is 5.01. The fraction of sp³-hybridized carbons (Fsp3) is 0.818. The summed E-state index contributed by atoms with van der Waals surface area (Å²) in [6, 6.07) is 0.719. The van der Waals surface area contributed by atoms with Gasteiger partial charge in [-0.15, -0.1) is 0 Å². The minimum absolute atomic E-state index is 0.719. The molecule has 1 unspecified atom stereocenters. The van der Waals surface area contributed by atoms with Gasteiger partial charge in [0.25, 0.3) is 0 Å². The topological polar surface area (TPSA) is 54.2 Å². The van der Waals surface area contributed by atoms with Gasteiger partial charge in [0.2, 0.25) is 5.89 Å². The van der Waals surface area contributed by atoms with Crippen molar-refractivity contribution in [3.63, 3.8) is 0 Å². The van der Waals surface area contributed by atoms with Crippen molar-refractivity contribution < 1.29 is 4.52 Å². The molecule has 1 aromatic rings. The summed E-state index contributed by atoms with van der Waals surface area (Å²) in [6.45, 7) is 4.47. The molecule has 1 aliphatic heterocycles. The molecule has 88 valence electrons. The van der Waals surface area contributed by atoms with E-state index in [-0.39, 0.29) is 0 Å². The van der Waals surface area contributed by atoms with Crippen LogP contribution in [0.2, 0.25) is 0 Å². The summed E-state index contributed by atoms with van der Waals surface area (Å²) in [6.07, 6.45) is 5.17. The Labute approximate surface area is 95.2 Å². The zero-order valence-corrected chi connectivity index (χ0v) is 9.43. The summed E-state index contributed by atoms with van der Waals surface area (Å²) in [5.41, 5.74) is 0. The lowest BCUT2D eigenvalue weighted by atomic mass is 10.1. The first-order chi connectivity index (χ1) is 7.92. The first-order valence-corrected chi connectivity index (χ1v) is 6.13. The molecule has 0 amide bonds. The molecule has 2 aliphatic rings. The van der Waals surface area contributed by atoms with Crippen LogP contribution in [0.5, 0.6) is 0 Å². The summed E-state index contributed by atoms with van der Waals surface area (Å²) in [5.74, 6) is 1.69. The van der Waals surface area contributed by atoms with Crippen LogP contribution >= 0.6 is 0 Å². The zero-order valence-electron chi connectivity index (χ0n) is 9.43. The van der Waals surface area contributed by atoms with Crippen molar-refractivity contribution in [3.8, 4) is 0 Å². The quantitative estimate of drug-likeness (QED) is 0.794. The molecule has 5 heteroatoms. The number of aromatic nitrogens is 2. The Hall–Kier alpha value is -0.940. The number of nitrogens with zero attached hydrogens (tertiary/aromatic N) is 3. The summed E-state index contributed by atoms with van der Waals surface area (Å²) in [5, 5.41) is 7.23. The molecule has 2 fully saturated rings. The van der Waals surface area contributed by atoms with E-state index in [1.165, 1.54) is 25.7 Å². The molecule has 0 spiro atoms. The molecule has 0 aromatic carbocycles. The van der Waals surface area contributed by atoms with Gasteiger partial charge in [0.05, 0.1) is 0 Å². The van der Waals surface area contributed by atoms with Gasteiger partial charge in [-0.1, -0.05) is 5.16 Å². The largest absolute Gasteiger partial charge is 0.340 e. The number of rotatable bonds is 4. The molecular formula is C11H18N4O. The number of nitrogens with one attached hydrogen (secondary N) is 1. The molecule has 0 bridgehead atoms. The lowest BCUT2D eigenvalue weighted by molar-refractivity contribution is 0.185. The van der Waals surface area contributed by atoms with E-state index in [1.54, 1.807) is 0 Å². The van der Waals surface area contributed by atoms with E-state index in [0.29, 0.717) is 0 Å². The molecule has 2 heterocycles. The van der Waals surface area contributed by atoms with Crippen molar-refractivity contribution in [1.82, 2.24) is 20.4 Å². The van der Waals surface area contributed by atoms with Gasteiger partial charge in [0.1, 0.15) is 0 Å². The number of hydrogen-bond donors (Lipinski definition) is 1. The predicted octanol–water partition coefficient (Wildman–Crippen LogP) is 0.296. The van der Waals surface area contributed by atoms with Crippen molar-refractivity contribution in [1.29, 1.82) is 0 Å².